The number of carbonyl (C=O) groups excluding carboxylic acids is 1. The second kappa shape index (κ2) is 4.64. The van der Waals surface area contributed by atoms with Crippen molar-refractivity contribution in [3.63, 3.8) is 0 Å². The quantitative estimate of drug-likeness (QED) is 0.789. The van der Waals surface area contributed by atoms with Crippen molar-refractivity contribution in [1.29, 1.82) is 0 Å². The molecule has 94 valence electrons. The molecule has 0 saturated carbocycles. The van der Waals surface area contributed by atoms with Crippen LogP contribution in [0, 0.1) is 0 Å². The Hall–Kier alpha value is -2.11. The van der Waals surface area contributed by atoms with Crippen molar-refractivity contribution in [3.05, 3.63) is 53.3 Å². The van der Waals surface area contributed by atoms with Crippen molar-refractivity contribution in [2.24, 2.45) is 0 Å². The maximum Gasteiger partial charge on any atom is 0.416 e. The standard InChI is InChI=1S/C12H9F3N2O/c13-12(14,15)11-3-1-2-9(4-11)6-17-7-10(8-18)5-16-17/h1-5,7-8H,6H2. The van der Waals surface area contributed by atoms with Gasteiger partial charge in [0.2, 0.25) is 0 Å². The third kappa shape index (κ3) is 2.77. The number of aldehydes is 1. The minimum atomic E-state index is -4.35. The molecule has 1 heterocycles. The van der Waals surface area contributed by atoms with Gasteiger partial charge in [0.1, 0.15) is 0 Å². The Bertz CT molecular complexity index is 560. The van der Waals surface area contributed by atoms with E-state index in [-0.39, 0.29) is 6.54 Å². The molecule has 18 heavy (non-hydrogen) atoms. The molecule has 0 spiro atoms. The first-order chi connectivity index (χ1) is 8.49. The van der Waals surface area contributed by atoms with Crippen molar-refractivity contribution < 1.29 is 18.0 Å². The fourth-order valence-electron chi connectivity index (χ4n) is 1.56. The molecule has 2 rings (SSSR count). The second-order valence-electron chi connectivity index (χ2n) is 3.79. The van der Waals surface area contributed by atoms with Gasteiger partial charge in [0.05, 0.1) is 23.9 Å². The van der Waals surface area contributed by atoms with E-state index in [0.717, 1.165) is 12.1 Å². The van der Waals surface area contributed by atoms with Crippen LogP contribution in [-0.2, 0) is 12.7 Å². The van der Waals surface area contributed by atoms with E-state index in [9.17, 15) is 18.0 Å². The molecule has 0 saturated heterocycles. The lowest BCUT2D eigenvalue weighted by Crippen LogP contribution is -2.07. The van der Waals surface area contributed by atoms with Gasteiger partial charge in [-0.15, -0.1) is 0 Å². The summed E-state index contributed by atoms with van der Waals surface area (Å²) in [6.45, 7) is 0.192. The van der Waals surface area contributed by atoms with Gasteiger partial charge in [0.25, 0.3) is 0 Å². The summed E-state index contributed by atoms with van der Waals surface area (Å²) >= 11 is 0. The maximum atomic E-state index is 12.5. The smallest absolute Gasteiger partial charge is 0.298 e. The van der Waals surface area contributed by atoms with Crippen LogP contribution in [-0.4, -0.2) is 16.1 Å². The highest BCUT2D eigenvalue weighted by Crippen LogP contribution is 2.29. The van der Waals surface area contributed by atoms with Gasteiger partial charge in [-0.3, -0.25) is 9.48 Å². The first-order valence-corrected chi connectivity index (χ1v) is 5.13. The Morgan fingerprint density at radius 2 is 2.11 bits per heavy atom. The molecule has 0 aliphatic rings. The Morgan fingerprint density at radius 3 is 2.72 bits per heavy atom. The van der Waals surface area contributed by atoms with Crippen LogP contribution in [0.5, 0.6) is 0 Å². The van der Waals surface area contributed by atoms with Crippen LogP contribution >= 0.6 is 0 Å². The van der Waals surface area contributed by atoms with E-state index in [1.807, 2.05) is 0 Å². The third-order valence-corrected chi connectivity index (χ3v) is 2.39. The van der Waals surface area contributed by atoms with Crippen molar-refractivity contribution >= 4 is 6.29 Å². The zero-order chi connectivity index (χ0) is 13.2. The van der Waals surface area contributed by atoms with E-state index in [0.29, 0.717) is 17.4 Å². The summed E-state index contributed by atoms with van der Waals surface area (Å²) in [5.41, 5.74) is 0.176. The first-order valence-electron chi connectivity index (χ1n) is 5.13. The molecule has 0 amide bonds. The zero-order valence-electron chi connectivity index (χ0n) is 9.19. The number of halogens is 3. The lowest BCUT2D eigenvalue weighted by molar-refractivity contribution is -0.137. The predicted octanol–water partition coefficient (Wildman–Crippen LogP) is 2.76. The Balaban J connectivity index is 2.21. The van der Waals surface area contributed by atoms with Crippen LogP contribution in [0.25, 0.3) is 0 Å². The number of alkyl halides is 3. The largest absolute Gasteiger partial charge is 0.416 e. The molecule has 0 fully saturated rings. The molecular formula is C12H9F3N2O. The van der Waals surface area contributed by atoms with Crippen LogP contribution in [0.4, 0.5) is 13.2 Å². The van der Waals surface area contributed by atoms with Crippen molar-refractivity contribution in [1.82, 2.24) is 9.78 Å². The highest BCUT2D eigenvalue weighted by Gasteiger charge is 2.30. The van der Waals surface area contributed by atoms with E-state index in [2.05, 4.69) is 5.10 Å². The van der Waals surface area contributed by atoms with Crippen molar-refractivity contribution in [2.45, 2.75) is 12.7 Å². The number of aromatic nitrogens is 2. The lowest BCUT2D eigenvalue weighted by Gasteiger charge is -2.08. The van der Waals surface area contributed by atoms with Gasteiger partial charge in [0.15, 0.2) is 6.29 Å². The SMILES string of the molecule is O=Cc1cnn(Cc2cccc(C(F)(F)F)c2)c1. The minimum Gasteiger partial charge on any atom is -0.298 e. The monoisotopic (exact) mass is 254 g/mol. The molecule has 0 aliphatic carbocycles. The number of rotatable bonds is 3. The molecule has 0 N–H and O–H groups in total. The van der Waals surface area contributed by atoms with E-state index < -0.39 is 11.7 Å². The number of hydrogen-bond acceptors (Lipinski definition) is 2. The zero-order valence-corrected chi connectivity index (χ0v) is 9.19. The number of nitrogens with zero attached hydrogens (tertiary/aromatic N) is 2. The minimum absolute atomic E-state index is 0.192. The van der Waals surface area contributed by atoms with Crippen LogP contribution in [0.1, 0.15) is 21.5 Å². The molecule has 1 aromatic carbocycles. The summed E-state index contributed by atoms with van der Waals surface area (Å²) < 4.78 is 38.9. The van der Waals surface area contributed by atoms with E-state index in [1.165, 1.54) is 23.1 Å². The highest BCUT2D eigenvalue weighted by atomic mass is 19.4. The van der Waals surface area contributed by atoms with Crippen molar-refractivity contribution in [2.75, 3.05) is 0 Å². The van der Waals surface area contributed by atoms with Gasteiger partial charge in [-0.1, -0.05) is 12.1 Å². The Kier molecular flexibility index (Phi) is 3.18. The van der Waals surface area contributed by atoms with E-state index in [1.54, 1.807) is 6.07 Å². The Morgan fingerprint density at radius 1 is 1.33 bits per heavy atom. The maximum absolute atomic E-state index is 12.5. The summed E-state index contributed by atoms with van der Waals surface area (Å²) in [5, 5.41) is 3.88. The summed E-state index contributed by atoms with van der Waals surface area (Å²) in [6.07, 6.45) is -0.877. The van der Waals surface area contributed by atoms with Crippen LogP contribution < -0.4 is 0 Å². The third-order valence-electron chi connectivity index (χ3n) is 2.39. The van der Waals surface area contributed by atoms with Crippen LogP contribution in [0.15, 0.2) is 36.7 Å². The predicted molar refractivity (Wildman–Crippen MR) is 58.2 cm³/mol. The number of carbonyl (C=O) groups is 1. The molecule has 0 radical (unpaired) electrons. The topological polar surface area (TPSA) is 34.9 Å². The summed E-state index contributed by atoms with van der Waals surface area (Å²) in [7, 11) is 0. The van der Waals surface area contributed by atoms with Gasteiger partial charge in [-0.2, -0.15) is 18.3 Å². The average Bonchev–Trinajstić information content (AvgIpc) is 2.76. The average molecular weight is 254 g/mol. The van der Waals surface area contributed by atoms with E-state index >= 15 is 0 Å². The van der Waals surface area contributed by atoms with Gasteiger partial charge in [0, 0.05) is 6.20 Å². The molecule has 6 heteroatoms. The lowest BCUT2D eigenvalue weighted by atomic mass is 10.1. The molecular weight excluding hydrogens is 245 g/mol. The molecule has 1 aromatic heterocycles. The fraction of sp³-hybridized carbons (Fsp3) is 0.167. The van der Waals surface area contributed by atoms with E-state index in [4.69, 9.17) is 0 Å². The van der Waals surface area contributed by atoms with Crippen LogP contribution in [0.2, 0.25) is 0 Å². The first kappa shape index (κ1) is 12.3. The fourth-order valence-corrected chi connectivity index (χ4v) is 1.56. The summed E-state index contributed by atoms with van der Waals surface area (Å²) in [5.74, 6) is 0. The molecule has 3 nitrogen and oxygen atoms in total. The van der Waals surface area contributed by atoms with Gasteiger partial charge >= 0.3 is 6.18 Å². The molecule has 0 aliphatic heterocycles. The number of hydrogen-bond donors (Lipinski definition) is 0. The normalized spacial score (nSPS) is 11.5. The molecule has 2 aromatic rings. The van der Waals surface area contributed by atoms with Gasteiger partial charge in [-0.05, 0) is 17.7 Å². The van der Waals surface area contributed by atoms with Crippen molar-refractivity contribution in [3.8, 4) is 0 Å². The van der Waals surface area contributed by atoms with Gasteiger partial charge in [-0.25, -0.2) is 0 Å². The van der Waals surface area contributed by atoms with Crippen LogP contribution in [0.3, 0.4) is 0 Å². The molecule has 0 bridgehead atoms. The Labute approximate surface area is 101 Å². The second-order valence-corrected chi connectivity index (χ2v) is 3.79. The number of benzene rings is 1. The molecule has 0 atom stereocenters. The van der Waals surface area contributed by atoms with Gasteiger partial charge < -0.3 is 0 Å². The molecule has 0 unspecified atom stereocenters. The highest BCUT2D eigenvalue weighted by molar-refractivity contribution is 5.73. The summed E-state index contributed by atoms with van der Waals surface area (Å²) in [6, 6.07) is 5.02. The summed E-state index contributed by atoms with van der Waals surface area (Å²) in [4.78, 5) is 10.5.